The number of amides is 1. The molecule has 5 nitrogen and oxygen atoms in total. The molecule has 142 valence electrons. The Balaban J connectivity index is 2.91. The molecule has 1 rings (SSSR count). The van der Waals surface area contributed by atoms with Crippen molar-refractivity contribution < 1.29 is 18.4 Å². The summed E-state index contributed by atoms with van der Waals surface area (Å²) in [5.74, 6) is -0.122. The van der Waals surface area contributed by atoms with E-state index in [1.165, 1.54) is 0 Å². The maximum Gasteiger partial charge on any atom is 0.331 e. The van der Waals surface area contributed by atoms with Crippen LogP contribution in [0.5, 0.6) is 0 Å². The van der Waals surface area contributed by atoms with Gasteiger partial charge in [-0.05, 0) is 26.3 Å². The first-order valence-corrected chi connectivity index (χ1v) is 14.1. The maximum atomic E-state index is 13.3. The first-order valence-electron chi connectivity index (χ1n) is 8.87. The Hall–Kier alpha value is -0.943. The van der Waals surface area contributed by atoms with Crippen molar-refractivity contribution in [2.75, 3.05) is 13.2 Å². The largest absolute Gasteiger partial charge is 0.350 e. The summed E-state index contributed by atoms with van der Waals surface area (Å²) >= 11 is 0. The number of rotatable bonds is 10. The van der Waals surface area contributed by atoms with Gasteiger partial charge in [-0.3, -0.25) is 9.36 Å². The molecular formula is C18H32NO4PSi. The van der Waals surface area contributed by atoms with Crippen LogP contribution >= 0.6 is 7.60 Å². The molecule has 1 aromatic carbocycles. The molecule has 0 saturated heterocycles. The topological polar surface area (TPSA) is 64.6 Å². The van der Waals surface area contributed by atoms with E-state index in [1.807, 2.05) is 37.3 Å². The molecular weight excluding hydrogens is 353 g/mol. The Morgan fingerprint density at radius 3 is 2.08 bits per heavy atom. The SMILES string of the molecule is CCOP(=O)(OCC)C(CC(=O)N[C@H](C)c1ccccc1)[Si](C)(C)C. The zero-order chi connectivity index (χ0) is 19.1. The fourth-order valence-corrected chi connectivity index (χ4v) is 9.35. The van der Waals surface area contributed by atoms with E-state index in [9.17, 15) is 9.36 Å². The smallest absolute Gasteiger partial charge is 0.331 e. The lowest BCUT2D eigenvalue weighted by Gasteiger charge is -2.34. The van der Waals surface area contributed by atoms with Crippen molar-refractivity contribution in [1.29, 1.82) is 0 Å². The Morgan fingerprint density at radius 2 is 1.64 bits per heavy atom. The second kappa shape index (κ2) is 9.67. The molecule has 1 aromatic rings. The molecule has 0 bridgehead atoms. The minimum Gasteiger partial charge on any atom is -0.350 e. The Morgan fingerprint density at radius 1 is 1.12 bits per heavy atom. The molecule has 0 aromatic heterocycles. The quantitative estimate of drug-likeness (QED) is 0.466. The number of carbonyl (C=O) groups is 1. The fourth-order valence-electron chi connectivity index (χ4n) is 2.77. The average molecular weight is 386 g/mol. The molecule has 0 spiro atoms. The lowest BCUT2D eigenvalue weighted by atomic mass is 10.1. The summed E-state index contributed by atoms with van der Waals surface area (Å²) in [6.45, 7) is 12.4. The second-order valence-electron chi connectivity index (χ2n) is 7.16. The normalized spacial score (nSPS) is 14.8. The highest BCUT2D eigenvalue weighted by molar-refractivity contribution is 7.58. The van der Waals surface area contributed by atoms with Gasteiger partial charge in [0.25, 0.3) is 0 Å². The Kier molecular flexibility index (Phi) is 8.55. The van der Waals surface area contributed by atoms with Gasteiger partial charge in [0.15, 0.2) is 0 Å². The van der Waals surface area contributed by atoms with Gasteiger partial charge < -0.3 is 14.4 Å². The molecule has 0 radical (unpaired) electrons. The molecule has 25 heavy (non-hydrogen) atoms. The highest BCUT2D eigenvalue weighted by Crippen LogP contribution is 2.57. The third-order valence-corrected chi connectivity index (χ3v) is 11.7. The van der Waals surface area contributed by atoms with Crippen molar-refractivity contribution in [2.45, 2.75) is 58.2 Å². The molecule has 0 saturated carbocycles. The lowest BCUT2D eigenvalue weighted by Crippen LogP contribution is -2.43. The summed E-state index contributed by atoms with van der Waals surface area (Å²) in [7, 11) is -5.28. The van der Waals surface area contributed by atoms with Crippen LogP contribution in [0.4, 0.5) is 0 Å². The van der Waals surface area contributed by atoms with E-state index in [2.05, 4.69) is 25.0 Å². The maximum absolute atomic E-state index is 13.3. The number of benzene rings is 1. The van der Waals surface area contributed by atoms with Crippen molar-refractivity contribution in [2.24, 2.45) is 0 Å². The first kappa shape index (κ1) is 22.1. The molecule has 1 N–H and O–H groups in total. The van der Waals surface area contributed by atoms with E-state index in [1.54, 1.807) is 13.8 Å². The van der Waals surface area contributed by atoms with Crippen LogP contribution in [0, 0.1) is 0 Å². The second-order valence-corrected chi connectivity index (χ2v) is 15.3. The summed E-state index contributed by atoms with van der Waals surface area (Å²) < 4.78 is 24.3. The molecule has 2 atom stereocenters. The third kappa shape index (κ3) is 6.70. The van der Waals surface area contributed by atoms with Crippen molar-refractivity contribution in [1.82, 2.24) is 5.32 Å². The summed E-state index contributed by atoms with van der Waals surface area (Å²) in [5.41, 5.74) is 1.04. The predicted molar refractivity (Wildman–Crippen MR) is 106 cm³/mol. The van der Waals surface area contributed by atoms with Crippen LogP contribution in [0.1, 0.15) is 38.8 Å². The Labute approximate surface area is 153 Å². The number of hydrogen-bond acceptors (Lipinski definition) is 4. The van der Waals surface area contributed by atoms with Crippen LogP contribution < -0.4 is 5.32 Å². The zero-order valence-corrected chi connectivity index (χ0v) is 18.1. The highest BCUT2D eigenvalue weighted by atomic mass is 31.2. The Bertz CT molecular complexity index is 578. The first-order chi connectivity index (χ1) is 11.6. The molecule has 0 aliphatic carbocycles. The van der Waals surface area contributed by atoms with Crippen LogP contribution in [0.3, 0.4) is 0 Å². The van der Waals surface area contributed by atoms with Crippen molar-refractivity contribution in [3.63, 3.8) is 0 Å². The average Bonchev–Trinajstić information content (AvgIpc) is 2.52. The molecule has 1 unspecified atom stereocenters. The van der Waals surface area contributed by atoms with Crippen LogP contribution in [-0.2, 0) is 18.4 Å². The van der Waals surface area contributed by atoms with E-state index in [-0.39, 0.29) is 23.7 Å². The molecule has 0 aliphatic heterocycles. The van der Waals surface area contributed by atoms with Crippen molar-refractivity contribution >= 4 is 21.6 Å². The van der Waals surface area contributed by atoms with E-state index in [0.29, 0.717) is 13.2 Å². The van der Waals surface area contributed by atoms with Gasteiger partial charge in [-0.1, -0.05) is 50.0 Å². The lowest BCUT2D eigenvalue weighted by molar-refractivity contribution is -0.121. The monoisotopic (exact) mass is 385 g/mol. The van der Waals surface area contributed by atoms with Gasteiger partial charge in [-0.2, -0.15) is 0 Å². The van der Waals surface area contributed by atoms with Crippen molar-refractivity contribution in [3.8, 4) is 0 Å². The van der Waals surface area contributed by atoms with Gasteiger partial charge in [0.1, 0.15) is 0 Å². The van der Waals surface area contributed by atoms with Crippen LogP contribution in [0.15, 0.2) is 30.3 Å². The van der Waals surface area contributed by atoms with Gasteiger partial charge in [-0.25, -0.2) is 0 Å². The summed E-state index contributed by atoms with van der Waals surface area (Å²) in [6, 6.07) is 9.69. The van der Waals surface area contributed by atoms with Crippen LogP contribution in [0.2, 0.25) is 19.6 Å². The number of hydrogen-bond donors (Lipinski definition) is 1. The number of nitrogens with one attached hydrogen (secondary N) is 1. The van der Waals surface area contributed by atoms with Crippen molar-refractivity contribution in [3.05, 3.63) is 35.9 Å². The summed E-state index contributed by atoms with van der Waals surface area (Å²) in [6.07, 6.45) is 0.157. The highest BCUT2D eigenvalue weighted by Gasteiger charge is 2.45. The summed E-state index contributed by atoms with van der Waals surface area (Å²) in [4.78, 5) is 12.6. The number of carbonyl (C=O) groups excluding carboxylic acids is 1. The van der Waals surface area contributed by atoms with E-state index in [4.69, 9.17) is 9.05 Å². The predicted octanol–water partition coefficient (Wildman–Crippen LogP) is 4.77. The molecule has 0 fully saturated rings. The molecule has 7 heteroatoms. The molecule has 0 heterocycles. The van der Waals surface area contributed by atoms with E-state index >= 15 is 0 Å². The van der Waals surface area contributed by atoms with Crippen LogP contribution in [-0.4, -0.2) is 32.5 Å². The minimum atomic E-state index is -3.32. The minimum absolute atomic E-state index is 0.102. The van der Waals surface area contributed by atoms with E-state index < -0.39 is 15.7 Å². The van der Waals surface area contributed by atoms with Crippen LogP contribution in [0.25, 0.3) is 0 Å². The van der Waals surface area contributed by atoms with Gasteiger partial charge >= 0.3 is 7.60 Å². The zero-order valence-electron chi connectivity index (χ0n) is 16.2. The third-order valence-electron chi connectivity index (χ3n) is 4.06. The standard InChI is InChI=1S/C18H32NO4PSi/c1-7-22-24(21,23-8-2)18(25(4,5)6)14-17(20)19-15(3)16-12-10-9-11-13-16/h9-13,15,18H,7-8,14H2,1-6H3,(H,19,20)/t15-,18?/m1/s1. The molecule has 0 aliphatic rings. The fraction of sp³-hybridized carbons (Fsp3) is 0.611. The molecule has 1 amide bonds. The summed E-state index contributed by atoms with van der Waals surface area (Å²) in [5, 5.41) is 2.63. The van der Waals surface area contributed by atoms with Gasteiger partial charge in [-0.15, -0.1) is 0 Å². The van der Waals surface area contributed by atoms with E-state index in [0.717, 1.165) is 5.56 Å². The van der Waals surface area contributed by atoms with Gasteiger partial charge in [0.05, 0.1) is 32.6 Å². The van der Waals surface area contributed by atoms with Gasteiger partial charge in [0, 0.05) is 6.42 Å². The van der Waals surface area contributed by atoms with Gasteiger partial charge in [0.2, 0.25) is 5.91 Å².